The minimum atomic E-state index is -0.234. The van der Waals surface area contributed by atoms with E-state index in [-0.39, 0.29) is 18.1 Å². The monoisotopic (exact) mass is 240 g/mol. The number of aliphatic hydroxyl groups excluding tert-OH is 1. The molecule has 2 unspecified atom stereocenters. The Bertz CT molecular complexity index is 258. The molecule has 98 valence electrons. The van der Waals surface area contributed by atoms with Crippen molar-refractivity contribution in [2.75, 3.05) is 19.6 Å². The lowest BCUT2D eigenvalue weighted by molar-refractivity contribution is -0.126. The van der Waals surface area contributed by atoms with Crippen LogP contribution in [0.4, 0.5) is 0 Å². The maximum atomic E-state index is 11.8. The smallest absolute Gasteiger partial charge is 0.237 e. The Balaban J connectivity index is 2.37. The van der Waals surface area contributed by atoms with E-state index in [0.717, 1.165) is 25.9 Å². The average Bonchev–Trinajstić information content (AvgIpc) is 2.35. The van der Waals surface area contributed by atoms with Crippen LogP contribution >= 0.6 is 0 Å². The number of carbonyl (C=O) groups excluding carboxylic acids is 1. The quantitative estimate of drug-likeness (QED) is 0.698. The molecule has 1 saturated heterocycles. The number of hydrogen-bond donors (Lipinski definition) is 2. The standard InChI is InChI=1S/C13H24N2O2/c1-4-7-14-13(17)10(2)15-8-5-12(6-9-15)11(3)16/h4,10-12,16H,1,5-9H2,2-3H3,(H,14,17). The maximum Gasteiger partial charge on any atom is 0.237 e. The zero-order chi connectivity index (χ0) is 12.8. The highest BCUT2D eigenvalue weighted by atomic mass is 16.3. The van der Waals surface area contributed by atoms with Gasteiger partial charge in [-0.25, -0.2) is 0 Å². The number of piperidine rings is 1. The molecule has 1 amide bonds. The zero-order valence-electron chi connectivity index (χ0n) is 10.9. The highest BCUT2D eigenvalue weighted by Gasteiger charge is 2.27. The molecule has 1 aliphatic rings. The van der Waals surface area contributed by atoms with Crippen molar-refractivity contribution in [3.8, 4) is 0 Å². The van der Waals surface area contributed by atoms with Crippen molar-refractivity contribution < 1.29 is 9.90 Å². The van der Waals surface area contributed by atoms with Crippen LogP contribution < -0.4 is 5.32 Å². The van der Waals surface area contributed by atoms with E-state index in [4.69, 9.17) is 0 Å². The second kappa shape index (κ2) is 6.77. The van der Waals surface area contributed by atoms with Crippen molar-refractivity contribution in [2.45, 2.75) is 38.8 Å². The summed E-state index contributed by atoms with van der Waals surface area (Å²) in [6.45, 7) is 9.65. The highest BCUT2D eigenvalue weighted by Crippen LogP contribution is 2.21. The van der Waals surface area contributed by atoms with Gasteiger partial charge in [-0.05, 0) is 45.7 Å². The fourth-order valence-electron chi connectivity index (χ4n) is 2.28. The van der Waals surface area contributed by atoms with Crippen LogP contribution in [0.25, 0.3) is 0 Å². The Kier molecular flexibility index (Phi) is 5.65. The van der Waals surface area contributed by atoms with Gasteiger partial charge >= 0.3 is 0 Å². The molecule has 0 aromatic heterocycles. The van der Waals surface area contributed by atoms with Crippen LogP contribution in [0.3, 0.4) is 0 Å². The first kappa shape index (κ1) is 14.2. The molecule has 0 aromatic carbocycles. The van der Waals surface area contributed by atoms with Gasteiger partial charge in [-0.2, -0.15) is 0 Å². The molecule has 2 atom stereocenters. The van der Waals surface area contributed by atoms with Gasteiger partial charge in [0.25, 0.3) is 0 Å². The summed E-state index contributed by atoms with van der Waals surface area (Å²) in [6.07, 6.45) is 3.39. The highest BCUT2D eigenvalue weighted by molar-refractivity contribution is 5.81. The van der Waals surface area contributed by atoms with E-state index in [1.165, 1.54) is 0 Å². The summed E-state index contributed by atoms with van der Waals surface area (Å²) in [4.78, 5) is 13.9. The lowest BCUT2D eigenvalue weighted by atomic mass is 9.91. The SMILES string of the molecule is C=CCNC(=O)C(C)N1CCC(C(C)O)CC1. The molecule has 0 bridgehead atoms. The van der Waals surface area contributed by atoms with E-state index in [9.17, 15) is 9.90 Å². The van der Waals surface area contributed by atoms with Crippen molar-refractivity contribution in [3.05, 3.63) is 12.7 Å². The third-order valence-corrected chi connectivity index (χ3v) is 3.60. The van der Waals surface area contributed by atoms with Gasteiger partial charge in [-0.15, -0.1) is 6.58 Å². The molecule has 4 heteroatoms. The van der Waals surface area contributed by atoms with E-state index in [0.29, 0.717) is 12.5 Å². The number of aliphatic hydroxyl groups is 1. The Morgan fingerprint density at radius 1 is 1.53 bits per heavy atom. The fourth-order valence-corrected chi connectivity index (χ4v) is 2.28. The lowest BCUT2D eigenvalue weighted by Crippen LogP contribution is -2.49. The van der Waals surface area contributed by atoms with Crippen molar-refractivity contribution in [1.82, 2.24) is 10.2 Å². The summed E-state index contributed by atoms with van der Waals surface area (Å²) in [6, 6.07) is -0.0927. The van der Waals surface area contributed by atoms with Crippen LogP contribution in [0.5, 0.6) is 0 Å². The summed E-state index contributed by atoms with van der Waals surface area (Å²) >= 11 is 0. The summed E-state index contributed by atoms with van der Waals surface area (Å²) in [5.74, 6) is 0.440. The van der Waals surface area contributed by atoms with Crippen LogP contribution in [-0.2, 0) is 4.79 Å². The van der Waals surface area contributed by atoms with Gasteiger partial charge in [0.15, 0.2) is 0 Å². The molecule has 1 fully saturated rings. The second-order valence-electron chi connectivity index (χ2n) is 4.82. The van der Waals surface area contributed by atoms with Crippen LogP contribution in [0, 0.1) is 5.92 Å². The summed E-state index contributed by atoms with van der Waals surface area (Å²) < 4.78 is 0. The van der Waals surface area contributed by atoms with E-state index < -0.39 is 0 Å². The number of nitrogens with one attached hydrogen (secondary N) is 1. The first-order valence-electron chi connectivity index (χ1n) is 6.37. The third kappa shape index (κ3) is 4.13. The maximum absolute atomic E-state index is 11.8. The number of nitrogens with zero attached hydrogens (tertiary/aromatic N) is 1. The van der Waals surface area contributed by atoms with Crippen LogP contribution in [0.15, 0.2) is 12.7 Å². The lowest BCUT2D eigenvalue weighted by Gasteiger charge is -2.36. The average molecular weight is 240 g/mol. The molecule has 0 spiro atoms. The number of likely N-dealkylation sites (tertiary alicyclic amines) is 1. The molecule has 17 heavy (non-hydrogen) atoms. The van der Waals surface area contributed by atoms with Gasteiger partial charge in [0.2, 0.25) is 5.91 Å². The van der Waals surface area contributed by atoms with Gasteiger partial charge in [0.05, 0.1) is 12.1 Å². The van der Waals surface area contributed by atoms with Crippen LogP contribution in [0.1, 0.15) is 26.7 Å². The van der Waals surface area contributed by atoms with E-state index in [1.807, 2.05) is 13.8 Å². The fraction of sp³-hybridized carbons (Fsp3) is 0.769. The van der Waals surface area contributed by atoms with Gasteiger partial charge in [-0.3, -0.25) is 9.69 Å². The summed E-state index contributed by atoms with van der Waals surface area (Å²) in [5.41, 5.74) is 0. The Hall–Kier alpha value is -0.870. The van der Waals surface area contributed by atoms with E-state index >= 15 is 0 Å². The van der Waals surface area contributed by atoms with E-state index in [1.54, 1.807) is 6.08 Å². The molecule has 0 aliphatic carbocycles. The van der Waals surface area contributed by atoms with E-state index in [2.05, 4.69) is 16.8 Å². The molecular formula is C13H24N2O2. The van der Waals surface area contributed by atoms with Crippen molar-refractivity contribution in [1.29, 1.82) is 0 Å². The molecule has 0 saturated carbocycles. The molecule has 1 rings (SSSR count). The Morgan fingerprint density at radius 2 is 2.12 bits per heavy atom. The van der Waals surface area contributed by atoms with Crippen LogP contribution in [0.2, 0.25) is 0 Å². The van der Waals surface area contributed by atoms with Crippen molar-refractivity contribution in [2.24, 2.45) is 5.92 Å². The molecular weight excluding hydrogens is 216 g/mol. The third-order valence-electron chi connectivity index (χ3n) is 3.60. The zero-order valence-corrected chi connectivity index (χ0v) is 10.9. The predicted octanol–water partition coefficient (Wildman–Crippen LogP) is 0.770. The molecule has 1 heterocycles. The summed E-state index contributed by atoms with van der Waals surface area (Å²) in [5, 5.41) is 12.3. The normalized spacial score (nSPS) is 21.8. The number of rotatable bonds is 5. The molecule has 0 aromatic rings. The molecule has 1 aliphatic heterocycles. The molecule has 2 N–H and O–H groups in total. The molecule has 0 radical (unpaired) electrons. The summed E-state index contributed by atoms with van der Waals surface area (Å²) in [7, 11) is 0. The van der Waals surface area contributed by atoms with Crippen LogP contribution in [-0.4, -0.2) is 47.7 Å². The van der Waals surface area contributed by atoms with Crippen molar-refractivity contribution >= 4 is 5.91 Å². The second-order valence-corrected chi connectivity index (χ2v) is 4.82. The largest absolute Gasteiger partial charge is 0.393 e. The number of hydrogen-bond acceptors (Lipinski definition) is 3. The Morgan fingerprint density at radius 3 is 2.59 bits per heavy atom. The minimum absolute atomic E-state index is 0.0559. The predicted molar refractivity (Wildman–Crippen MR) is 68.6 cm³/mol. The van der Waals surface area contributed by atoms with Gasteiger partial charge < -0.3 is 10.4 Å². The first-order chi connectivity index (χ1) is 8.06. The minimum Gasteiger partial charge on any atom is -0.393 e. The molecule has 4 nitrogen and oxygen atoms in total. The van der Waals surface area contributed by atoms with Gasteiger partial charge in [0, 0.05) is 6.54 Å². The van der Waals surface area contributed by atoms with Gasteiger partial charge in [-0.1, -0.05) is 6.08 Å². The number of amides is 1. The first-order valence-corrected chi connectivity index (χ1v) is 6.37. The Labute approximate surface area is 104 Å². The van der Waals surface area contributed by atoms with Gasteiger partial charge in [0.1, 0.15) is 0 Å². The topological polar surface area (TPSA) is 52.6 Å². The number of carbonyl (C=O) groups is 1. The van der Waals surface area contributed by atoms with Crippen molar-refractivity contribution in [3.63, 3.8) is 0 Å².